The molecule has 0 saturated heterocycles. The van der Waals surface area contributed by atoms with Crippen LogP contribution >= 0.6 is 0 Å². The Labute approximate surface area is 123 Å². The standard InChI is InChI=1S/C15H19FN4O/c1-4-5-13-19-14(17)9(2)15(20-13)18-11-7-6-10(16)8-12(11)21-3/h6-8H,4-5H2,1-3H3,(H3,17,18,19,20). The van der Waals surface area contributed by atoms with E-state index in [1.165, 1.54) is 19.2 Å². The molecular formula is C15H19FN4O. The topological polar surface area (TPSA) is 73.1 Å². The minimum absolute atomic E-state index is 0.358. The number of aryl methyl sites for hydroxylation is 1. The van der Waals surface area contributed by atoms with E-state index in [1.807, 2.05) is 6.92 Å². The number of nitrogens with one attached hydrogen (secondary N) is 1. The maximum Gasteiger partial charge on any atom is 0.145 e. The van der Waals surface area contributed by atoms with Crippen LogP contribution in [0.4, 0.5) is 21.7 Å². The third-order valence-electron chi connectivity index (χ3n) is 3.12. The summed E-state index contributed by atoms with van der Waals surface area (Å²) in [4.78, 5) is 8.72. The highest BCUT2D eigenvalue weighted by Crippen LogP contribution is 2.29. The average molecular weight is 290 g/mol. The molecule has 0 unspecified atom stereocenters. The quantitative estimate of drug-likeness (QED) is 0.884. The third-order valence-corrected chi connectivity index (χ3v) is 3.12. The van der Waals surface area contributed by atoms with E-state index < -0.39 is 0 Å². The van der Waals surface area contributed by atoms with Crippen molar-refractivity contribution in [3.05, 3.63) is 35.4 Å². The van der Waals surface area contributed by atoms with Crippen molar-refractivity contribution in [3.8, 4) is 5.75 Å². The Kier molecular flexibility index (Phi) is 4.57. The number of hydrogen-bond donors (Lipinski definition) is 2. The summed E-state index contributed by atoms with van der Waals surface area (Å²) in [7, 11) is 1.49. The number of nitrogen functional groups attached to an aromatic ring is 1. The Morgan fingerprint density at radius 1 is 1.33 bits per heavy atom. The van der Waals surface area contributed by atoms with E-state index in [2.05, 4.69) is 22.2 Å². The second-order valence-electron chi connectivity index (χ2n) is 4.72. The number of rotatable bonds is 5. The normalized spacial score (nSPS) is 10.5. The fourth-order valence-electron chi connectivity index (χ4n) is 1.94. The van der Waals surface area contributed by atoms with Crippen LogP contribution in [-0.4, -0.2) is 17.1 Å². The summed E-state index contributed by atoms with van der Waals surface area (Å²) in [6.45, 7) is 3.89. The highest BCUT2D eigenvalue weighted by atomic mass is 19.1. The summed E-state index contributed by atoms with van der Waals surface area (Å²) in [5, 5.41) is 3.14. The maximum atomic E-state index is 13.2. The molecule has 0 aliphatic rings. The monoisotopic (exact) mass is 290 g/mol. The van der Waals surface area contributed by atoms with E-state index >= 15 is 0 Å². The summed E-state index contributed by atoms with van der Waals surface area (Å²) >= 11 is 0. The molecule has 0 radical (unpaired) electrons. The zero-order valence-corrected chi connectivity index (χ0v) is 12.4. The molecule has 5 nitrogen and oxygen atoms in total. The number of benzene rings is 1. The molecule has 112 valence electrons. The number of ether oxygens (including phenoxy) is 1. The summed E-state index contributed by atoms with van der Waals surface area (Å²) in [6.07, 6.45) is 1.68. The van der Waals surface area contributed by atoms with Gasteiger partial charge in [0.2, 0.25) is 0 Å². The molecule has 0 aliphatic carbocycles. The molecule has 0 spiro atoms. The van der Waals surface area contributed by atoms with Gasteiger partial charge in [-0.15, -0.1) is 0 Å². The van der Waals surface area contributed by atoms with Gasteiger partial charge in [0.25, 0.3) is 0 Å². The predicted molar refractivity (Wildman–Crippen MR) is 81.4 cm³/mol. The third kappa shape index (κ3) is 3.39. The zero-order valence-electron chi connectivity index (χ0n) is 12.4. The molecule has 0 saturated carbocycles. The molecule has 0 aliphatic heterocycles. The van der Waals surface area contributed by atoms with Gasteiger partial charge in [0.1, 0.15) is 29.0 Å². The van der Waals surface area contributed by atoms with Crippen LogP contribution in [0.3, 0.4) is 0 Å². The van der Waals surface area contributed by atoms with Crippen LogP contribution < -0.4 is 15.8 Å². The van der Waals surface area contributed by atoms with Crippen LogP contribution in [0.1, 0.15) is 24.7 Å². The fraction of sp³-hybridized carbons (Fsp3) is 0.333. The lowest BCUT2D eigenvalue weighted by Gasteiger charge is -2.14. The molecule has 2 aromatic rings. The Balaban J connectivity index is 2.39. The maximum absolute atomic E-state index is 13.2. The number of halogens is 1. The molecule has 1 aromatic carbocycles. The Morgan fingerprint density at radius 2 is 2.10 bits per heavy atom. The van der Waals surface area contributed by atoms with Crippen molar-refractivity contribution in [2.24, 2.45) is 0 Å². The summed E-state index contributed by atoms with van der Waals surface area (Å²) in [5.41, 5.74) is 7.30. The van der Waals surface area contributed by atoms with E-state index in [9.17, 15) is 4.39 Å². The van der Waals surface area contributed by atoms with Gasteiger partial charge < -0.3 is 15.8 Å². The van der Waals surface area contributed by atoms with Crippen LogP contribution in [0.2, 0.25) is 0 Å². The minimum atomic E-state index is -0.358. The highest BCUT2D eigenvalue weighted by molar-refractivity contribution is 5.68. The van der Waals surface area contributed by atoms with Crippen LogP contribution in [0, 0.1) is 12.7 Å². The summed E-state index contributed by atoms with van der Waals surface area (Å²) in [5.74, 6) is 1.78. The first-order chi connectivity index (χ1) is 10.0. The molecule has 21 heavy (non-hydrogen) atoms. The van der Waals surface area contributed by atoms with Gasteiger partial charge in [-0.25, -0.2) is 14.4 Å². The van der Waals surface area contributed by atoms with E-state index in [1.54, 1.807) is 6.07 Å². The van der Waals surface area contributed by atoms with Crippen molar-refractivity contribution in [2.75, 3.05) is 18.2 Å². The van der Waals surface area contributed by atoms with Crippen molar-refractivity contribution in [1.29, 1.82) is 0 Å². The van der Waals surface area contributed by atoms with Gasteiger partial charge >= 0.3 is 0 Å². The van der Waals surface area contributed by atoms with Crippen molar-refractivity contribution in [2.45, 2.75) is 26.7 Å². The molecular weight excluding hydrogens is 271 g/mol. The molecule has 1 heterocycles. The molecule has 6 heteroatoms. The number of hydrogen-bond acceptors (Lipinski definition) is 5. The second kappa shape index (κ2) is 6.39. The molecule has 0 amide bonds. The number of nitrogens with zero attached hydrogens (tertiary/aromatic N) is 2. The zero-order chi connectivity index (χ0) is 15.4. The summed E-state index contributed by atoms with van der Waals surface area (Å²) in [6, 6.07) is 4.28. The second-order valence-corrected chi connectivity index (χ2v) is 4.72. The van der Waals surface area contributed by atoms with Gasteiger partial charge in [0, 0.05) is 18.1 Å². The van der Waals surface area contributed by atoms with E-state index in [4.69, 9.17) is 10.5 Å². The molecule has 1 aromatic heterocycles. The Morgan fingerprint density at radius 3 is 2.76 bits per heavy atom. The first-order valence-corrected chi connectivity index (χ1v) is 6.78. The van der Waals surface area contributed by atoms with Gasteiger partial charge in [-0.2, -0.15) is 0 Å². The number of aromatic nitrogens is 2. The first kappa shape index (κ1) is 15.0. The van der Waals surface area contributed by atoms with Crippen LogP contribution in [0.15, 0.2) is 18.2 Å². The molecule has 0 fully saturated rings. The van der Waals surface area contributed by atoms with Crippen molar-refractivity contribution in [1.82, 2.24) is 9.97 Å². The van der Waals surface area contributed by atoms with Gasteiger partial charge in [-0.3, -0.25) is 0 Å². The molecule has 0 atom stereocenters. The lowest BCUT2D eigenvalue weighted by molar-refractivity contribution is 0.413. The van der Waals surface area contributed by atoms with E-state index in [0.29, 0.717) is 28.9 Å². The largest absolute Gasteiger partial charge is 0.494 e. The van der Waals surface area contributed by atoms with E-state index in [0.717, 1.165) is 18.4 Å². The predicted octanol–water partition coefficient (Wildman–Crippen LogP) is 3.21. The van der Waals surface area contributed by atoms with Gasteiger partial charge in [0.15, 0.2) is 0 Å². The van der Waals surface area contributed by atoms with Crippen LogP contribution in [0.25, 0.3) is 0 Å². The van der Waals surface area contributed by atoms with Crippen LogP contribution in [0.5, 0.6) is 5.75 Å². The number of anilines is 3. The number of nitrogens with two attached hydrogens (primary N) is 1. The Hall–Kier alpha value is -2.37. The van der Waals surface area contributed by atoms with Crippen LogP contribution in [-0.2, 0) is 6.42 Å². The first-order valence-electron chi connectivity index (χ1n) is 6.78. The van der Waals surface area contributed by atoms with E-state index in [-0.39, 0.29) is 5.82 Å². The molecule has 2 rings (SSSR count). The number of methoxy groups -OCH3 is 1. The van der Waals surface area contributed by atoms with Crippen molar-refractivity contribution in [3.63, 3.8) is 0 Å². The lowest BCUT2D eigenvalue weighted by atomic mass is 10.2. The van der Waals surface area contributed by atoms with Gasteiger partial charge in [0.05, 0.1) is 12.8 Å². The van der Waals surface area contributed by atoms with Gasteiger partial charge in [-0.1, -0.05) is 6.92 Å². The lowest BCUT2D eigenvalue weighted by Crippen LogP contribution is -2.07. The molecule has 0 bridgehead atoms. The SMILES string of the molecule is CCCc1nc(N)c(C)c(Nc2ccc(F)cc2OC)n1. The Bertz CT molecular complexity index is 646. The van der Waals surface area contributed by atoms with Crippen molar-refractivity contribution < 1.29 is 9.13 Å². The van der Waals surface area contributed by atoms with Gasteiger partial charge in [-0.05, 0) is 25.5 Å². The smallest absolute Gasteiger partial charge is 0.145 e. The molecule has 3 N–H and O–H groups in total. The highest BCUT2D eigenvalue weighted by Gasteiger charge is 2.11. The minimum Gasteiger partial charge on any atom is -0.494 e. The summed E-state index contributed by atoms with van der Waals surface area (Å²) < 4.78 is 18.4. The average Bonchev–Trinajstić information content (AvgIpc) is 2.46. The fourth-order valence-corrected chi connectivity index (χ4v) is 1.94. The van der Waals surface area contributed by atoms with Crippen molar-refractivity contribution >= 4 is 17.3 Å².